The molecule has 0 atom stereocenters. The largest absolute Gasteiger partial charge is 0.494 e. The van der Waals surface area contributed by atoms with Crippen LogP contribution in [0.25, 0.3) is 6.08 Å². The summed E-state index contributed by atoms with van der Waals surface area (Å²) in [6.07, 6.45) is 4.18. The minimum Gasteiger partial charge on any atom is -0.494 e. The number of methoxy groups -OCH3 is 1. The molecule has 0 aromatic heterocycles. The highest BCUT2D eigenvalue weighted by molar-refractivity contribution is 5.51. The van der Waals surface area contributed by atoms with Gasteiger partial charge in [-0.2, -0.15) is 0 Å². The smallest absolute Gasteiger partial charge is 0.119 e. The van der Waals surface area contributed by atoms with E-state index in [2.05, 4.69) is 23.5 Å². The van der Waals surface area contributed by atoms with Gasteiger partial charge in [-0.25, -0.2) is 0 Å². The molecule has 3 heteroatoms. The fourth-order valence-corrected chi connectivity index (χ4v) is 1.43. The van der Waals surface area contributed by atoms with E-state index in [1.54, 1.807) is 7.11 Å². The molecule has 0 aliphatic heterocycles. The Labute approximate surface area is 103 Å². The summed E-state index contributed by atoms with van der Waals surface area (Å²) in [5.74, 6) is 0.919. The predicted molar refractivity (Wildman–Crippen MR) is 71.4 cm³/mol. The van der Waals surface area contributed by atoms with Crippen molar-refractivity contribution in [3.63, 3.8) is 0 Å². The SMILES string of the molecule is CCOc1cccc(C=CCNCCOC)c1. The lowest BCUT2D eigenvalue weighted by Gasteiger charge is -2.03. The highest BCUT2D eigenvalue weighted by Crippen LogP contribution is 2.14. The van der Waals surface area contributed by atoms with Crippen LogP contribution in [0.4, 0.5) is 0 Å². The van der Waals surface area contributed by atoms with Crippen LogP contribution in [0, 0.1) is 0 Å². The monoisotopic (exact) mass is 235 g/mol. The standard InChI is InChI=1S/C14H21NO2/c1-3-17-14-8-4-6-13(12-14)7-5-9-15-10-11-16-2/h4-8,12,15H,3,9-11H2,1-2H3. The molecule has 3 nitrogen and oxygen atoms in total. The summed E-state index contributed by atoms with van der Waals surface area (Å²) in [4.78, 5) is 0. The summed E-state index contributed by atoms with van der Waals surface area (Å²) in [5.41, 5.74) is 1.16. The summed E-state index contributed by atoms with van der Waals surface area (Å²) >= 11 is 0. The number of hydrogen-bond donors (Lipinski definition) is 1. The van der Waals surface area contributed by atoms with Crippen LogP contribution in [-0.2, 0) is 4.74 Å². The van der Waals surface area contributed by atoms with E-state index in [1.807, 2.05) is 25.1 Å². The van der Waals surface area contributed by atoms with E-state index >= 15 is 0 Å². The molecule has 0 saturated heterocycles. The number of nitrogens with one attached hydrogen (secondary N) is 1. The maximum Gasteiger partial charge on any atom is 0.119 e. The lowest BCUT2D eigenvalue weighted by atomic mass is 10.2. The molecule has 0 saturated carbocycles. The Morgan fingerprint density at radius 3 is 3.00 bits per heavy atom. The van der Waals surface area contributed by atoms with Gasteiger partial charge >= 0.3 is 0 Å². The van der Waals surface area contributed by atoms with E-state index in [0.717, 1.165) is 31.0 Å². The Balaban J connectivity index is 2.34. The second kappa shape index (κ2) is 8.79. The first-order valence-corrected chi connectivity index (χ1v) is 5.96. The van der Waals surface area contributed by atoms with E-state index in [4.69, 9.17) is 9.47 Å². The molecule has 0 bridgehead atoms. The lowest BCUT2D eigenvalue weighted by molar-refractivity contribution is 0.200. The maximum atomic E-state index is 5.44. The van der Waals surface area contributed by atoms with E-state index < -0.39 is 0 Å². The Kier molecular flexibility index (Phi) is 7.11. The molecule has 0 radical (unpaired) electrons. The van der Waals surface area contributed by atoms with Crippen molar-refractivity contribution in [1.29, 1.82) is 0 Å². The number of ether oxygens (including phenoxy) is 2. The molecule has 0 amide bonds. The highest BCUT2D eigenvalue weighted by Gasteiger charge is 1.92. The van der Waals surface area contributed by atoms with Crippen LogP contribution in [0.3, 0.4) is 0 Å². The molecule has 1 N–H and O–H groups in total. The Morgan fingerprint density at radius 2 is 2.24 bits per heavy atom. The van der Waals surface area contributed by atoms with E-state index in [1.165, 1.54) is 0 Å². The van der Waals surface area contributed by atoms with E-state index in [9.17, 15) is 0 Å². The molecule has 0 aliphatic rings. The molecule has 0 spiro atoms. The first kappa shape index (κ1) is 13.7. The van der Waals surface area contributed by atoms with Crippen LogP contribution in [0.1, 0.15) is 12.5 Å². The second-order valence-electron chi connectivity index (χ2n) is 3.60. The lowest BCUT2D eigenvalue weighted by Crippen LogP contribution is -2.18. The molecule has 0 unspecified atom stereocenters. The van der Waals surface area contributed by atoms with Crippen molar-refractivity contribution in [3.05, 3.63) is 35.9 Å². The van der Waals surface area contributed by atoms with Crippen molar-refractivity contribution in [2.45, 2.75) is 6.92 Å². The zero-order chi connectivity index (χ0) is 12.3. The minimum absolute atomic E-state index is 0.700. The third kappa shape index (κ3) is 6.09. The first-order valence-electron chi connectivity index (χ1n) is 5.96. The van der Waals surface area contributed by atoms with Gasteiger partial charge in [0.25, 0.3) is 0 Å². The van der Waals surface area contributed by atoms with Gasteiger partial charge in [0.15, 0.2) is 0 Å². The van der Waals surface area contributed by atoms with Gasteiger partial charge in [0.2, 0.25) is 0 Å². The van der Waals surface area contributed by atoms with Crippen LogP contribution in [0.5, 0.6) is 5.75 Å². The molecule has 1 aromatic carbocycles. The maximum absolute atomic E-state index is 5.44. The van der Waals surface area contributed by atoms with Gasteiger partial charge in [-0.15, -0.1) is 0 Å². The van der Waals surface area contributed by atoms with Crippen LogP contribution in [0.2, 0.25) is 0 Å². The molecule has 0 aliphatic carbocycles. The zero-order valence-electron chi connectivity index (χ0n) is 10.6. The van der Waals surface area contributed by atoms with Gasteiger partial charge in [0, 0.05) is 20.2 Å². The summed E-state index contributed by atoms with van der Waals surface area (Å²) in [7, 11) is 1.71. The van der Waals surface area contributed by atoms with Crippen molar-refractivity contribution in [2.24, 2.45) is 0 Å². The number of hydrogen-bond acceptors (Lipinski definition) is 3. The highest BCUT2D eigenvalue weighted by atomic mass is 16.5. The molecular weight excluding hydrogens is 214 g/mol. The third-order valence-electron chi connectivity index (χ3n) is 2.22. The van der Waals surface area contributed by atoms with Crippen molar-refractivity contribution in [2.75, 3.05) is 33.4 Å². The molecular formula is C14H21NO2. The topological polar surface area (TPSA) is 30.5 Å². The normalized spacial score (nSPS) is 10.9. The Hall–Kier alpha value is -1.32. The molecule has 0 heterocycles. The number of rotatable bonds is 8. The van der Waals surface area contributed by atoms with Crippen LogP contribution < -0.4 is 10.1 Å². The molecule has 1 aromatic rings. The van der Waals surface area contributed by atoms with E-state index in [0.29, 0.717) is 6.61 Å². The van der Waals surface area contributed by atoms with E-state index in [-0.39, 0.29) is 0 Å². The first-order chi connectivity index (χ1) is 8.36. The van der Waals surface area contributed by atoms with Crippen LogP contribution in [0.15, 0.2) is 30.3 Å². The molecule has 94 valence electrons. The minimum atomic E-state index is 0.700. The fraction of sp³-hybridized carbons (Fsp3) is 0.429. The molecule has 1 rings (SSSR count). The Morgan fingerprint density at radius 1 is 1.35 bits per heavy atom. The van der Waals surface area contributed by atoms with Crippen LogP contribution in [-0.4, -0.2) is 33.4 Å². The van der Waals surface area contributed by atoms with Crippen molar-refractivity contribution >= 4 is 6.08 Å². The second-order valence-corrected chi connectivity index (χ2v) is 3.60. The summed E-state index contributed by atoms with van der Waals surface area (Å²) in [5, 5.41) is 3.25. The molecule has 0 fully saturated rings. The van der Waals surface area contributed by atoms with Gasteiger partial charge in [0.1, 0.15) is 5.75 Å². The van der Waals surface area contributed by atoms with Gasteiger partial charge in [0.05, 0.1) is 13.2 Å². The van der Waals surface area contributed by atoms with Crippen LogP contribution >= 0.6 is 0 Å². The van der Waals surface area contributed by atoms with Crippen molar-refractivity contribution < 1.29 is 9.47 Å². The predicted octanol–water partition coefficient (Wildman–Crippen LogP) is 2.33. The summed E-state index contributed by atoms with van der Waals surface area (Å²) in [6, 6.07) is 8.07. The average molecular weight is 235 g/mol. The molecule has 17 heavy (non-hydrogen) atoms. The Bertz CT molecular complexity index is 337. The quantitative estimate of drug-likeness (QED) is 0.702. The average Bonchev–Trinajstić information content (AvgIpc) is 2.35. The van der Waals surface area contributed by atoms with Gasteiger partial charge < -0.3 is 14.8 Å². The van der Waals surface area contributed by atoms with Gasteiger partial charge in [-0.1, -0.05) is 24.3 Å². The third-order valence-corrected chi connectivity index (χ3v) is 2.22. The summed E-state index contributed by atoms with van der Waals surface area (Å²) in [6.45, 7) is 5.16. The fourth-order valence-electron chi connectivity index (χ4n) is 1.43. The summed E-state index contributed by atoms with van der Waals surface area (Å²) < 4.78 is 10.4. The van der Waals surface area contributed by atoms with Gasteiger partial charge in [-0.3, -0.25) is 0 Å². The zero-order valence-corrected chi connectivity index (χ0v) is 10.6. The van der Waals surface area contributed by atoms with Crippen molar-refractivity contribution in [1.82, 2.24) is 5.32 Å². The van der Waals surface area contributed by atoms with Gasteiger partial charge in [-0.05, 0) is 24.6 Å². The number of benzene rings is 1. The van der Waals surface area contributed by atoms with Crippen molar-refractivity contribution in [3.8, 4) is 5.75 Å².